The van der Waals surface area contributed by atoms with Gasteiger partial charge in [0.1, 0.15) is 12.6 Å². The summed E-state index contributed by atoms with van der Waals surface area (Å²) in [6.45, 7) is 6.02. The van der Waals surface area contributed by atoms with Gasteiger partial charge in [-0.2, -0.15) is 0 Å². The van der Waals surface area contributed by atoms with Crippen LogP contribution in [0.25, 0.3) is 0 Å². The molecule has 1 aromatic rings. The SMILES string of the molecule is CC(C)C1NC(=O)CN(C(C)c2cccs2)C1=O. The average molecular weight is 266 g/mol. The van der Waals surface area contributed by atoms with E-state index in [1.165, 1.54) is 0 Å². The highest BCUT2D eigenvalue weighted by Gasteiger charge is 2.37. The minimum atomic E-state index is -0.395. The first-order chi connectivity index (χ1) is 8.50. The minimum absolute atomic E-state index is 0.0190. The van der Waals surface area contributed by atoms with Gasteiger partial charge in [0, 0.05) is 4.88 Å². The Balaban J connectivity index is 2.21. The summed E-state index contributed by atoms with van der Waals surface area (Å²) >= 11 is 1.61. The maximum absolute atomic E-state index is 12.4. The summed E-state index contributed by atoms with van der Waals surface area (Å²) in [7, 11) is 0. The van der Waals surface area contributed by atoms with Crippen LogP contribution in [0.15, 0.2) is 17.5 Å². The largest absolute Gasteiger partial charge is 0.343 e. The minimum Gasteiger partial charge on any atom is -0.343 e. The quantitative estimate of drug-likeness (QED) is 0.907. The Morgan fingerprint density at radius 2 is 2.11 bits per heavy atom. The molecule has 2 amide bonds. The third-order valence-corrected chi connectivity index (χ3v) is 4.31. The number of carbonyl (C=O) groups is 2. The van der Waals surface area contributed by atoms with Crippen molar-refractivity contribution in [3.8, 4) is 0 Å². The molecule has 18 heavy (non-hydrogen) atoms. The van der Waals surface area contributed by atoms with E-state index in [1.807, 2.05) is 38.3 Å². The maximum atomic E-state index is 12.4. The second kappa shape index (κ2) is 5.10. The van der Waals surface area contributed by atoms with Gasteiger partial charge < -0.3 is 10.2 Å². The van der Waals surface area contributed by atoms with E-state index >= 15 is 0 Å². The Morgan fingerprint density at radius 1 is 1.39 bits per heavy atom. The van der Waals surface area contributed by atoms with E-state index in [0.29, 0.717) is 0 Å². The normalized spacial score (nSPS) is 22.2. The molecule has 98 valence electrons. The zero-order chi connectivity index (χ0) is 13.3. The number of nitrogens with one attached hydrogen (secondary N) is 1. The van der Waals surface area contributed by atoms with Crippen molar-refractivity contribution in [2.75, 3.05) is 6.54 Å². The highest BCUT2D eigenvalue weighted by Crippen LogP contribution is 2.27. The number of amides is 2. The predicted octanol–water partition coefficient (Wildman–Crippen LogP) is 1.79. The molecule has 0 spiro atoms. The lowest BCUT2D eigenvalue weighted by atomic mass is 9.99. The first kappa shape index (κ1) is 13.1. The highest BCUT2D eigenvalue weighted by molar-refractivity contribution is 7.10. The second-order valence-corrected chi connectivity index (χ2v) is 5.93. The number of rotatable bonds is 3. The molecule has 0 aliphatic carbocycles. The second-order valence-electron chi connectivity index (χ2n) is 4.95. The van der Waals surface area contributed by atoms with Gasteiger partial charge in [-0.15, -0.1) is 11.3 Å². The van der Waals surface area contributed by atoms with Crippen LogP contribution in [0.2, 0.25) is 0 Å². The van der Waals surface area contributed by atoms with Crippen molar-refractivity contribution in [2.45, 2.75) is 32.9 Å². The molecule has 4 nitrogen and oxygen atoms in total. The van der Waals surface area contributed by atoms with Crippen molar-refractivity contribution in [3.63, 3.8) is 0 Å². The molecule has 1 fully saturated rings. The van der Waals surface area contributed by atoms with Crippen LogP contribution >= 0.6 is 11.3 Å². The number of piperazine rings is 1. The summed E-state index contributed by atoms with van der Waals surface area (Å²) in [4.78, 5) is 26.9. The molecule has 0 saturated carbocycles. The zero-order valence-corrected chi connectivity index (χ0v) is 11.7. The first-order valence-electron chi connectivity index (χ1n) is 6.14. The summed E-state index contributed by atoms with van der Waals surface area (Å²) in [5, 5.41) is 4.76. The Morgan fingerprint density at radius 3 is 2.67 bits per heavy atom. The van der Waals surface area contributed by atoms with Crippen LogP contribution in [-0.2, 0) is 9.59 Å². The summed E-state index contributed by atoms with van der Waals surface area (Å²) in [6, 6.07) is 3.53. The van der Waals surface area contributed by atoms with Crippen LogP contribution in [0.3, 0.4) is 0 Å². The molecule has 1 aliphatic heterocycles. The molecule has 1 saturated heterocycles. The summed E-state index contributed by atoms with van der Waals surface area (Å²) in [6.07, 6.45) is 0. The van der Waals surface area contributed by atoms with Crippen LogP contribution in [-0.4, -0.2) is 29.3 Å². The monoisotopic (exact) mass is 266 g/mol. The molecule has 1 aliphatic rings. The average Bonchev–Trinajstić information content (AvgIpc) is 2.84. The molecule has 2 atom stereocenters. The number of thiophene rings is 1. The lowest BCUT2D eigenvalue weighted by molar-refractivity contribution is -0.147. The van der Waals surface area contributed by atoms with Crippen molar-refractivity contribution in [1.29, 1.82) is 0 Å². The summed E-state index contributed by atoms with van der Waals surface area (Å²) < 4.78 is 0. The molecule has 0 radical (unpaired) electrons. The molecule has 2 heterocycles. The predicted molar refractivity (Wildman–Crippen MR) is 71.2 cm³/mol. The molecular weight excluding hydrogens is 248 g/mol. The summed E-state index contributed by atoms with van der Waals surface area (Å²) in [5.41, 5.74) is 0. The molecule has 0 aromatic carbocycles. The van der Waals surface area contributed by atoms with Crippen LogP contribution in [0.4, 0.5) is 0 Å². The van der Waals surface area contributed by atoms with Gasteiger partial charge in [0.25, 0.3) is 0 Å². The van der Waals surface area contributed by atoms with Gasteiger partial charge in [0.05, 0.1) is 6.04 Å². The van der Waals surface area contributed by atoms with Gasteiger partial charge >= 0.3 is 0 Å². The van der Waals surface area contributed by atoms with Gasteiger partial charge in [0.15, 0.2) is 0 Å². The topological polar surface area (TPSA) is 49.4 Å². The fourth-order valence-corrected chi connectivity index (χ4v) is 2.95. The standard InChI is InChI=1S/C13H18N2O2S/c1-8(2)12-13(17)15(7-11(16)14-12)9(3)10-5-4-6-18-10/h4-6,8-9,12H,7H2,1-3H3,(H,14,16). The molecule has 0 bridgehead atoms. The third kappa shape index (κ3) is 2.41. The fourth-order valence-electron chi connectivity index (χ4n) is 2.15. The van der Waals surface area contributed by atoms with Gasteiger partial charge in [-0.1, -0.05) is 19.9 Å². The van der Waals surface area contributed by atoms with Crippen molar-refractivity contribution in [1.82, 2.24) is 10.2 Å². The van der Waals surface area contributed by atoms with E-state index in [9.17, 15) is 9.59 Å². The van der Waals surface area contributed by atoms with E-state index in [1.54, 1.807) is 16.2 Å². The molecule has 1 N–H and O–H groups in total. The Bertz CT molecular complexity index is 442. The van der Waals surface area contributed by atoms with Crippen molar-refractivity contribution in [2.24, 2.45) is 5.92 Å². The van der Waals surface area contributed by atoms with Gasteiger partial charge in [-0.05, 0) is 24.3 Å². The van der Waals surface area contributed by atoms with E-state index in [2.05, 4.69) is 5.32 Å². The van der Waals surface area contributed by atoms with Gasteiger partial charge in [-0.25, -0.2) is 0 Å². The Labute approximate surface area is 111 Å². The zero-order valence-electron chi connectivity index (χ0n) is 10.8. The van der Waals surface area contributed by atoms with Crippen molar-refractivity contribution >= 4 is 23.2 Å². The Hall–Kier alpha value is -1.36. The lowest BCUT2D eigenvalue weighted by Crippen LogP contribution is -2.60. The van der Waals surface area contributed by atoms with Crippen molar-refractivity contribution in [3.05, 3.63) is 22.4 Å². The van der Waals surface area contributed by atoms with Gasteiger partial charge in [0.2, 0.25) is 11.8 Å². The number of nitrogens with zero attached hydrogens (tertiary/aromatic N) is 1. The lowest BCUT2D eigenvalue weighted by Gasteiger charge is -2.37. The van der Waals surface area contributed by atoms with Crippen molar-refractivity contribution < 1.29 is 9.59 Å². The first-order valence-corrected chi connectivity index (χ1v) is 7.02. The van der Waals surface area contributed by atoms with E-state index in [-0.39, 0.29) is 30.3 Å². The van der Waals surface area contributed by atoms with E-state index in [0.717, 1.165) is 4.88 Å². The smallest absolute Gasteiger partial charge is 0.246 e. The van der Waals surface area contributed by atoms with E-state index in [4.69, 9.17) is 0 Å². The highest BCUT2D eigenvalue weighted by atomic mass is 32.1. The van der Waals surface area contributed by atoms with Crippen LogP contribution in [0.1, 0.15) is 31.7 Å². The Kier molecular flexibility index (Phi) is 3.71. The van der Waals surface area contributed by atoms with Gasteiger partial charge in [-0.3, -0.25) is 9.59 Å². The number of carbonyl (C=O) groups excluding carboxylic acids is 2. The third-order valence-electron chi connectivity index (χ3n) is 3.27. The van der Waals surface area contributed by atoms with Crippen LogP contribution < -0.4 is 5.32 Å². The fraction of sp³-hybridized carbons (Fsp3) is 0.538. The molecule has 5 heteroatoms. The molecular formula is C13H18N2O2S. The number of hydrogen-bond acceptors (Lipinski definition) is 3. The summed E-state index contributed by atoms with van der Waals surface area (Å²) in [5.74, 6) is 0.0574. The maximum Gasteiger partial charge on any atom is 0.246 e. The molecule has 2 rings (SSSR count). The number of hydrogen-bond donors (Lipinski definition) is 1. The van der Waals surface area contributed by atoms with Crippen LogP contribution in [0, 0.1) is 5.92 Å². The van der Waals surface area contributed by atoms with E-state index < -0.39 is 6.04 Å². The van der Waals surface area contributed by atoms with Crippen LogP contribution in [0.5, 0.6) is 0 Å². The molecule has 1 aromatic heterocycles. The molecule has 2 unspecified atom stereocenters.